The summed E-state index contributed by atoms with van der Waals surface area (Å²) in [5.41, 5.74) is 2.72. The first-order valence-electron chi connectivity index (χ1n) is 5.74. The van der Waals surface area contributed by atoms with Crippen LogP contribution in [0.3, 0.4) is 0 Å². The zero-order valence-corrected chi connectivity index (χ0v) is 12.8. The minimum atomic E-state index is -3.26. The summed E-state index contributed by atoms with van der Waals surface area (Å²) >= 11 is 3.39. The highest BCUT2D eigenvalue weighted by Gasteiger charge is 2.07. The number of para-hydroxylation sites is 1. The maximum absolute atomic E-state index is 11.3. The van der Waals surface area contributed by atoms with Crippen LogP contribution < -0.4 is 4.72 Å². The van der Waals surface area contributed by atoms with Crippen LogP contribution in [0, 0.1) is 0 Å². The maximum Gasteiger partial charge on any atom is 0.229 e. The van der Waals surface area contributed by atoms with E-state index >= 15 is 0 Å². The molecule has 0 amide bonds. The minimum absolute atomic E-state index is 0.632. The van der Waals surface area contributed by atoms with Crippen LogP contribution in [0.4, 0.5) is 5.69 Å². The lowest BCUT2D eigenvalue weighted by Crippen LogP contribution is -2.11. The largest absolute Gasteiger partial charge is 0.283 e. The summed E-state index contributed by atoms with van der Waals surface area (Å²) in [6, 6.07) is 15.4. The van der Waals surface area contributed by atoms with Gasteiger partial charge in [0.05, 0.1) is 11.9 Å². The molecule has 0 aliphatic heterocycles. The predicted molar refractivity (Wildman–Crippen MR) is 81.9 cm³/mol. The van der Waals surface area contributed by atoms with Crippen molar-refractivity contribution in [2.75, 3.05) is 11.0 Å². The summed E-state index contributed by atoms with van der Waals surface area (Å²) in [5, 5.41) is 0. The maximum atomic E-state index is 11.3. The number of nitrogens with one attached hydrogen (secondary N) is 1. The average molecular weight is 340 g/mol. The summed E-state index contributed by atoms with van der Waals surface area (Å²) in [7, 11) is -3.26. The summed E-state index contributed by atoms with van der Waals surface area (Å²) in [4.78, 5) is 0. The fourth-order valence-electron chi connectivity index (χ4n) is 1.80. The molecule has 2 aromatic carbocycles. The fourth-order valence-corrected chi connectivity index (χ4v) is 2.66. The lowest BCUT2D eigenvalue weighted by atomic mass is 10.0. The van der Waals surface area contributed by atoms with Gasteiger partial charge in [-0.2, -0.15) is 0 Å². The molecule has 100 valence electrons. The third-order valence-electron chi connectivity index (χ3n) is 2.62. The number of halogens is 1. The van der Waals surface area contributed by atoms with Gasteiger partial charge in [0.15, 0.2) is 0 Å². The van der Waals surface area contributed by atoms with Crippen LogP contribution in [0.1, 0.15) is 11.1 Å². The van der Waals surface area contributed by atoms with E-state index in [1.165, 1.54) is 0 Å². The number of rotatable bonds is 4. The Bertz CT molecular complexity index is 666. The van der Waals surface area contributed by atoms with Gasteiger partial charge in [0, 0.05) is 4.47 Å². The molecule has 3 nitrogen and oxygen atoms in total. The van der Waals surface area contributed by atoms with Gasteiger partial charge in [-0.25, -0.2) is 8.42 Å². The van der Waals surface area contributed by atoms with Crippen LogP contribution in [-0.2, 0) is 16.4 Å². The molecule has 0 radical (unpaired) electrons. The normalized spacial score (nSPS) is 11.3. The van der Waals surface area contributed by atoms with Crippen molar-refractivity contribution in [3.05, 3.63) is 64.1 Å². The van der Waals surface area contributed by atoms with Crippen molar-refractivity contribution in [2.45, 2.75) is 6.42 Å². The zero-order valence-electron chi connectivity index (χ0n) is 10.4. The third kappa shape index (κ3) is 4.36. The molecule has 2 rings (SSSR count). The van der Waals surface area contributed by atoms with E-state index in [1.807, 2.05) is 42.5 Å². The van der Waals surface area contributed by atoms with Gasteiger partial charge in [-0.1, -0.05) is 46.3 Å². The van der Waals surface area contributed by atoms with Crippen molar-refractivity contribution in [3.8, 4) is 0 Å². The Kier molecular flexibility index (Phi) is 4.27. The van der Waals surface area contributed by atoms with Crippen LogP contribution in [0.25, 0.3) is 0 Å². The van der Waals surface area contributed by atoms with E-state index in [0.717, 1.165) is 21.9 Å². The molecule has 0 aliphatic rings. The molecule has 0 bridgehead atoms. The van der Waals surface area contributed by atoms with E-state index in [-0.39, 0.29) is 0 Å². The second-order valence-corrected chi connectivity index (χ2v) is 7.00. The van der Waals surface area contributed by atoms with Gasteiger partial charge in [0.25, 0.3) is 0 Å². The molecule has 0 aliphatic carbocycles. The van der Waals surface area contributed by atoms with Gasteiger partial charge in [0.1, 0.15) is 0 Å². The van der Waals surface area contributed by atoms with Gasteiger partial charge < -0.3 is 0 Å². The molecule has 0 unspecified atom stereocenters. The van der Waals surface area contributed by atoms with E-state index in [2.05, 4.69) is 20.7 Å². The van der Waals surface area contributed by atoms with Crippen LogP contribution in [0.2, 0.25) is 0 Å². The van der Waals surface area contributed by atoms with Crippen molar-refractivity contribution in [1.29, 1.82) is 0 Å². The Hall–Kier alpha value is -1.33. The quantitative estimate of drug-likeness (QED) is 0.927. The highest BCUT2D eigenvalue weighted by molar-refractivity contribution is 9.10. The standard InChI is InChI=1S/C14H14BrNO2S/c1-19(17,18)16-14-5-3-2-4-12(14)10-11-6-8-13(15)9-7-11/h2-9,16H,10H2,1H3. The molecule has 1 N–H and O–H groups in total. The highest BCUT2D eigenvalue weighted by atomic mass is 79.9. The molecule has 0 spiro atoms. The van der Waals surface area contributed by atoms with Crippen LogP contribution in [0.15, 0.2) is 53.0 Å². The molecule has 0 atom stereocenters. The monoisotopic (exact) mass is 339 g/mol. The van der Waals surface area contributed by atoms with Crippen molar-refractivity contribution in [1.82, 2.24) is 0 Å². The molecule has 0 aromatic heterocycles. The smallest absolute Gasteiger partial charge is 0.229 e. The minimum Gasteiger partial charge on any atom is -0.283 e. The Morgan fingerprint density at radius 1 is 1.05 bits per heavy atom. The Morgan fingerprint density at radius 2 is 1.68 bits per heavy atom. The Morgan fingerprint density at radius 3 is 2.32 bits per heavy atom. The first-order chi connectivity index (χ1) is 8.94. The predicted octanol–water partition coefficient (Wildman–Crippen LogP) is 3.41. The molecule has 0 saturated carbocycles. The topological polar surface area (TPSA) is 46.2 Å². The molecular weight excluding hydrogens is 326 g/mol. The third-order valence-corrected chi connectivity index (χ3v) is 3.74. The first-order valence-corrected chi connectivity index (χ1v) is 8.42. The zero-order chi connectivity index (χ0) is 13.9. The number of hydrogen-bond acceptors (Lipinski definition) is 2. The van der Waals surface area contributed by atoms with Crippen molar-refractivity contribution in [2.24, 2.45) is 0 Å². The SMILES string of the molecule is CS(=O)(=O)Nc1ccccc1Cc1ccc(Br)cc1. The molecule has 19 heavy (non-hydrogen) atoms. The average Bonchev–Trinajstić information content (AvgIpc) is 2.33. The van der Waals surface area contributed by atoms with Crippen molar-refractivity contribution >= 4 is 31.6 Å². The first kappa shape index (κ1) is 14.1. The Labute approximate surface area is 121 Å². The fraction of sp³-hybridized carbons (Fsp3) is 0.143. The van der Waals surface area contributed by atoms with E-state index in [0.29, 0.717) is 12.1 Å². The molecule has 0 saturated heterocycles. The van der Waals surface area contributed by atoms with Gasteiger partial charge in [0.2, 0.25) is 10.0 Å². The molecule has 2 aromatic rings. The molecule has 0 heterocycles. The molecule has 5 heteroatoms. The van der Waals surface area contributed by atoms with Gasteiger partial charge in [-0.15, -0.1) is 0 Å². The van der Waals surface area contributed by atoms with E-state index in [4.69, 9.17) is 0 Å². The lowest BCUT2D eigenvalue weighted by molar-refractivity contribution is 0.606. The summed E-state index contributed by atoms with van der Waals surface area (Å²) < 4.78 is 26.2. The number of benzene rings is 2. The van der Waals surface area contributed by atoms with E-state index in [9.17, 15) is 8.42 Å². The van der Waals surface area contributed by atoms with E-state index in [1.54, 1.807) is 6.07 Å². The number of anilines is 1. The van der Waals surface area contributed by atoms with Gasteiger partial charge in [-0.3, -0.25) is 4.72 Å². The number of sulfonamides is 1. The highest BCUT2D eigenvalue weighted by Crippen LogP contribution is 2.21. The second-order valence-electron chi connectivity index (χ2n) is 4.33. The second kappa shape index (κ2) is 5.75. The van der Waals surface area contributed by atoms with Crippen molar-refractivity contribution in [3.63, 3.8) is 0 Å². The molecular formula is C14H14BrNO2S. The van der Waals surface area contributed by atoms with Crippen molar-refractivity contribution < 1.29 is 8.42 Å². The summed E-state index contributed by atoms with van der Waals surface area (Å²) in [6.07, 6.45) is 1.84. The Balaban J connectivity index is 2.27. The van der Waals surface area contributed by atoms with Crippen LogP contribution >= 0.6 is 15.9 Å². The van der Waals surface area contributed by atoms with Crippen LogP contribution in [0.5, 0.6) is 0 Å². The van der Waals surface area contributed by atoms with Gasteiger partial charge in [-0.05, 0) is 35.7 Å². The number of hydrogen-bond donors (Lipinski definition) is 1. The summed E-state index contributed by atoms with van der Waals surface area (Å²) in [5.74, 6) is 0. The van der Waals surface area contributed by atoms with E-state index < -0.39 is 10.0 Å². The summed E-state index contributed by atoms with van der Waals surface area (Å²) in [6.45, 7) is 0. The van der Waals surface area contributed by atoms with Crippen LogP contribution in [-0.4, -0.2) is 14.7 Å². The lowest BCUT2D eigenvalue weighted by Gasteiger charge is -2.10. The molecule has 0 fully saturated rings. The van der Waals surface area contributed by atoms with Gasteiger partial charge >= 0.3 is 0 Å².